The fourth-order valence-corrected chi connectivity index (χ4v) is 2.04. The molecule has 90 valence electrons. The Morgan fingerprint density at radius 1 is 1.35 bits per heavy atom. The van der Waals surface area contributed by atoms with Gasteiger partial charge in [0.25, 0.3) is 0 Å². The number of halogens is 1. The van der Waals surface area contributed by atoms with Gasteiger partial charge in [-0.15, -0.1) is 5.10 Å². The Morgan fingerprint density at radius 2 is 2.18 bits per heavy atom. The van der Waals surface area contributed by atoms with E-state index in [1.165, 1.54) is 0 Å². The van der Waals surface area contributed by atoms with E-state index in [-0.39, 0.29) is 0 Å². The minimum Gasteiger partial charge on any atom is -0.496 e. The van der Waals surface area contributed by atoms with E-state index in [0.717, 1.165) is 28.8 Å². The van der Waals surface area contributed by atoms with E-state index in [2.05, 4.69) is 26.2 Å². The van der Waals surface area contributed by atoms with E-state index >= 15 is 0 Å². The van der Waals surface area contributed by atoms with Gasteiger partial charge in [0.15, 0.2) is 0 Å². The molecule has 0 unspecified atom stereocenters. The Morgan fingerprint density at radius 3 is 2.94 bits per heavy atom. The molecular weight excluding hydrogens is 282 g/mol. The van der Waals surface area contributed by atoms with Crippen molar-refractivity contribution in [3.63, 3.8) is 0 Å². The molecule has 5 heteroatoms. The minimum absolute atomic E-state index is 0.680. The molecule has 17 heavy (non-hydrogen) atoms. The summed E-state index contributed by atoms with van der Waals surface area (Å²) in [6, 6.07) is 7.93. The SMILES string of the molecule is COc1ccccc1Cn1cc(CCBr)nn1. The summed E-state index contributed by atoms with van der Waals surface area (Å²) in [6.07, 6.45) is 2.86. The van der Waals surface area contributed by atoms with Crippen molar-refractivity contribution in [3.05, 3.63) is 41.7 Å². The van der Waals surface area contributed by atoms with Gasteiger partial charge >= 0.3 is 0 Å². The Balaban J connectivity index is 2.13. The van der Waals surface area contributed by atoms with Gasteiger partial charge in [-0.05, 0) is 6.07 Å². The maximum atomic E-state index is 5.30. The maximum absolute atomic E-state index is 5.30. The topological polar surface area (TPSA) is 39.9 Å². The van der Waals surface area contributed by atoms with E-state index in [1.54, 1.807) is 7.11 Å². The number of ether oxygens (including phenoxy) is 1. The van der Waals surface area contributed by atoms with E-state index in [4.69, 9.17) is 4.74 Å². The molecule has 2 rings (SSSR count). The normalized spacial score (nSPS) is 10.5. The molecule has 0 aliphatic carbocycles. The van der Waals surface area contributed by atoms with Gasteiger partial charge in [-0.3, -0.25) is 0 Å². The van der Waals surface area contributed by atoms with Gasteiger partial charge in [0.2, 0.25) is 0 Å². The maximum Gasteiger partial charge on any atom is 0.123 e. The quantitative estimate of drug-likeness (QED) is 0.795. The molecule has 0 fully saturated rings. The summed E-state index contributed by atoms with van der Waals surface area (Å²) in [4.78, 5) is 0. The van der Waals surface area contributed by atoms with Crippen molar-refractivity contribution >= 4 is 15.9 Å². The zero-order chi connectivity index (χ0) is 12.1. The molecule has 0 bridgehead atoms. The zero-order valence-electron chi connectivity index (χ0n) is 9.64. The highest BCUT2D eigenvalue weighted by Crippen LogP contribution is 2.18. The first-order valence-electron chi connectivity index (χ1n) is 5.40. The van der Waals surface area contributed by atoms with Gasteiger partial charge in [0.05, 0.1) is 19.3 Å². The highest BCUT2D eigenvalue weighted by atomic mass is 79.9. The van der Waals surface area contributed by atoms with Gasteiger partial charge in [0.1, 0.15) is 5.75 Å². The molecule has 0 saturated heterocycles. The molecule has 0 aliphatic heterocycles. The molecule has 0 spiro atoms. The van der Waals surface area contributed by atoms with Crippen molar-refractivity contribution in [1.82, 2.24) is 15.0 Å². The summed E-state index contributed by atoms with van der Waals surface area (Å²) in [5, 5.41) is 9.10. The lowest BCUT2D eigenvalue weighted by Gasteiger charge is -2.07. The molecule has 0 saturated carbocycles. The lowest BCUT2D eigenvalue weighted by molar-refractivity contribution is 0.407. The van der Waals surface area contributed by atoms with Crippen molar-refractivity contribution in [1.29, 1.82) is 0 Å². The van der Waals surface area contributed by atoms with Crippen molar-refractivity contribution in [3.8, 4) is 5.75 Å². The van der Waals surface area contributed by atoms with E-state index in [9.17, 15) is 0 Å². The van der Waals surface area contributed by atoms with Crippen LogP contribution in [-0.2, 0) is 13.0 Å². The molecule has 4 nitrogen and oxygen atoms in total. The molecule has 2 aromatic rings. The van der Waals surface area contributed by atoms with Crippen LogP contribution < -0.4 is 4.74 Å². The van der Waals surface area contributed by atoms with Crippen LogP contribution in [0.1, 0.15) is 11.3 Å². The fourth-order valence-electron chi connectivity index (χ4n) is 1.64. The number of hydrogen-bond donors (Lipinski definition) is 0. The highest BCUT2D eigenvalue weighted by Gasteiger charge is 2.05. The van der Waals surface area contributed by atoms with Crippen molar-refractivity contribution in [2.45, 2.75) is 13.0 Å². The summed E-state index contributed by atoms with van der Waals surface area (Å²) in [7, 11) is 1.68. The Hall–Kier alpha value is -1.36. The van der Waals surface area contributed by atoms with E-state index in [0.29, 0.717) is 6.54 Å². The third-order valence-corrected chi connectivity index (χ3v) is 2.86. The second-order valence-electron chi connectivity index (χ2n) is 3.66. The molecule has 0 atom stereocenters. The summed E-state index contributed by atoms with van der Waals surface area (Å²) >= 11 is 3.39. The van der Waals surface area contributed by atoms with Crippen LogP contribution >= 0.6 is 15.9 Å². The highest BCUT2D eigenvalue weighted by molar-refractivity contribution is 9.09. The minimum atomic E-state index is 0.680. The van der Waals surface area contributed by atoms with Gasteiger partial charge in [-0.25, -0.2) is 4.68 Å². The second-order valence-corrected chi connectivity index (χ2v) is 4.45. The van der Waals surface area contributed by atoms with Crippen LogP contribution in [0.4, 0.5) is 0 Å². The van der Waals surface area contributed by atoms with Gasteiger partial charge in [-0.2, -0.15) is 0 Å². The number of benzene rings is 1. The molecule has 0 radical (unpaired) electrons. The second kappa shape index (κ2) is 5.82. The van der Waals surface area contributed by atoms with Gasteiger partial charge in [-0.1, -0.05) is 39.3 Å². The lowest BCUT2D eigenvalue weighted by Crippen LogP contribution is -2.02. The first kappa shape index (κ1) is 12.1. The average molecular weight is 296 g/mol. The van der Waals surface area contributed by atoms with Crippen LogP contribution in [0.25, 0.3) is 0 Å². The number of hydrogen-bond acceptors (Lipinski definition) is 3. The van der Waals surface area contributed by atoms with Crippen LogP contribution in [0.2, 0.25) is 0 Å². The largest absolute Gasteiger partial charge is 0.496 e. The number of aryl methyl sites for hydroxylation is 1. The summed E-state index contributed by atoms with van der Waals surface area (Å²) in [5.41, 5.74) is 2.10. The Kier molecular flexibility index (Phi) is 4.14. The summed E-state index contributed by atoms with van der Waals surface area (Å²) < 4.78 is 7.13. The predicted molar refractivity (Wildman–Crippen MR) is 69.6 cm³/mol. The number of nitrogens with zero attached hydrogens (tertiary/aromatic N) is 3. The van der Waals surface area contributed by atoms with Crippen LogP contribution in [-0.4, -0.2) is 27.4 Å². The smallest absolute Gasteiger partial charge is 0.123 e. The first-order valence-corrected chi connectivity index (χ1v) is 6.52. The number of methoxy groups -OCH3 is 1. The summed E-state index contributed by atoms with van der Waals surface area (Å²) in [5.74, 6) is 0.880. The van der Waals surface area contributed by atoms with E-state index < -0.39 is 0 Å². The Labute approximate surface area is 109 Å². The lowest BCUT2D eigenvalue weighted by atomic mass is 10.2. The van der Waals surface area contributed by atoms with Crippen LogP contribution in [0.15, 0.2) is 30.5 Å². The van der Waals surface area contributed by atoms with E-state index in [1.807, 2.05) is 35.1 Å². The first-order chi connectivity index (χ1) is 8.33. The fraction of sp³-hybridized carbons (Fsp3) is 0.333. The molecule has 0 N–H and O–H groups in total. The average Bonchev–Trinajstić information content (AvgIpc) is 2.78. The number of para-hydroxylation sites is 1. The third-order valence-electron chi connectivity index (χ3n) is 2.46. The third kappa shape index (κ3) is 3.06. The number of aromatic nitrogens is 3. The number of rotatable bonds is 5. The molecule has 1 aromatic carbocycles. The Bertz CT molecular complexity index is 484. The number of alkyl halides is 1. The molecular formula is C12H14BrN3O. The zero-order valence-corrected chi connectivity index (χ0v) is 11.2. The van der Waals surface area contributed by atoms with Gasteiger partial charge < -0.3 is 4.74 Å². The van der Waals surface area contributed by atoms with Gasteiger partial charge in [0, 0.05) is 23.5 Å². The molecule has 1 heterocycles. The monoisotopic (exact) mass is 295 g/mol. The van der Waals surface area contributed by atoms with Crippen LogP contribution in [0, 0.1) is 0 Å². The van der Waals surface area contributed by atoms with Crippen LogP contribution in [0.5, 0.6) is 5.75 Å². The molecule has 0 amide bonds. The molecule has 1 aromatic heterocycles. The van der Waals surface area contributed by atoms with Crippen molar-refractivity contribution < 1.29 is 4.74 Å². The standard InChI is InChI=1S/C12H14BrN3O/c1-17-12-5-3-2-4-10(12)8-16-9-11(6-7-13)14-15-16/h2-5,9H,6-8H2,1H3. The van der Waals surface area contributed by atoms with Crippen molar-refractivity contribution in [2.24, 2.45) is 0 Å². The summed E-state index contributed by atoms with van der Waals surface area (Å²) in [6.45, 7) is 0.680. The van der Waals surface area contributed by atoms with Crippen LogP contribution in [0.3, 0.4) is 0 Å². The predicted octanol–water partition coefficient (Wildman–Crippen LogP) is 2.27. The van der Waals surface area contributed by atoms with Crippen molar-refractivity contribution in [2.75, 3.05) is 12.4 Å². The molecule has 0 aliphatic rings.